The van der Waals surface area contributed by atoms with Crippen LogP contribution >= 0.6 is 0 Å². The van der Waals surface area contributed by atoms with Crippen LogP contribution in [0.2, 0.25) is 0 Å². The van der Waals surface area contributed by atoms with Crippen LogP contribution in [-0.2, 0) is 14.4 Å². The molecule has 1 N–H and O–H groups in total. The van der Waals surface area contributed by atoms with Crippen LogP contribution in [0.4, 0.5) is 0 Å². The van der Waals surface area contributed by atoms with Crippen LogP contribution in [0.3, 0.4) is 0 Å². The molecular weight excluding hydrogens is 294 g/mol. The van der Waals surface area contributed by atoms with Gasteiger partial charge in [-0.2, -0.15) is 0 Å². The zero-order chi connectivity index (χ0) is 16.4. The van der Waals surface area contributed by atoms with Gasteiger partial charge >= 0.3 is 0 Å². The largest absolute Gasteiger partial charge is 0.353 e. The predicted molar refractivity (Wildman–Crippen MR) is 85.4 cm³/mol. The molecular formula is C17H27N3O3. The van der Waals surface area contributed by atoms with E-state index < -0.39 is 0 Å². The Hall–Kier alpha value is -1.59. The van der Waals surface area contributed by atoms with Gasteiger partial charge in [0.1, 0.15) is 0 Å². The number of amides is 3. The van der Waals surface area contributed by atoms with E-state index in [0.717, 1.165) is 12.8 Å². The summed E-state index contributed by atoms with van der Waals surface area (Å²) in [5.41, 5.74) is 0. The van der Waals surface area contributed by atoms with Gasteiger partial charge in [-0.1, -0.05) is 19.3 Å². The van der Waals surface area contributed by atoms with Crippen LogP contribution in [0.25, 0.3) is 0 Å². The van der Waals surface area contributed by atoms with Crippen molar-refractivity contribution in [3.05, 3.63) is 0 Å². The number of hydrogen-bond donors (Lipinski definition) is 1. The summed E-state index contributed by atoms with van der Waals surface area (Å²) in [7, 11) is 0. The maximum absolute atomic E-state index is 12.5. The van der Waals surface area contributed by atoms with E-state index in [4.69, 9.17) is 0 Å². The molecule has 0 bridgehead atoms. The summed E-state index contributed by atoms with van der Waals surface area (Å²) in [5, 5.41) is 3.13. The first-order valence-corrected chi connectivity index (χ1v) is 8.91. The Balaban J connectivity index is 1.43. The van der Waals surface area contributed by atoms with Crippen molar-refractivity contribution in [3.8, 4) is 0 Å². The lowest BCUT2D eigenvalue weighted by molar-refractivity contribution is -0.140. The lowest BCUT2D eigenvalue weighted by atomic mass is 9.95. The van der Waals surface area contributed by atoms with Crippen molar-refractivity contribution >= 4 is 17.7 Å². The van der Waals surface area contributed by atoms with Crippen LogP contribution in [0.1, 0.15) is 45.4 Å². The fraction of sp³-hybridized carbons (Fsp3) is 0.824. The van der Waals surface area contributed by atoms with Gasteiger partial charge in [0.15, 0.2) is 0 Å². The maximum Gasteiger partial charge on any atom is 0.226 e. The van der Waals surface area contributed by atoms with E-state index >= 15 is 0 Å². The zero-order valence-corrected chi connectivity index (χ0v) is 13.9. The molecule has 3 aliphatic rings. The molecule has 128 valence electrons. The fourth-order valence-electron chi connectivity index (χ4n) is 3.79. The predicted octanol–water partition coefficient (Wildman–Crippen LogP) is 0.762. The van der Waals surface area contributed by atoms with Crippen molar-refractivity contribution in [2.45, 2.75) is 51.5 Å². The van der Waals surface area contributed by atoms with Crippen LogP contribution in [-0.4, -0.2) is 59.7 Å². The molecule has 6 nitrogen and oxygen atoms in total. The zero-order valence-electron chi connectivity index (χ0n) is 13.9. The third-order valence-electron chi connectivity index (χ3n) is 5.43. The van der Waals surface area contributed by atoms with Crippen molar-refractivity contribution < 1.29 is 14.4 Å². The molecule has 0 aromatic heterocycles. The smallest absolute Gasteiger partial charge is 0.226 e. The van der Waals surface area contributed by atoms with Crippen molar-refractivity contribution in [3.63, 3.8) is 0 Å². The molecule has 2 aliphatic carbocycles. The summed E-state index contributed by atoms with van der Waals surface area (Å²) in [4.78, 5) is 39.7. The summed E-state index contributed by atoms with van der Waals surface area (Å²) in [6, 6.07) is 0.312. The van der Waals surface area contributed by atoms with E-state index in [0.29, 0.717) is 38.6 Å². The van der Waals surface area contributed by atoms with Crippen LogP contribution in [0, 0.1) is 11.8 Å². The van der Waals surface area contributed by atoms with Crippen LogP contribution < -0.4 is 5.32 Å². The highest BCUT2D eigenvalue weighted by molar-refractivity contribution is 5.92. The number of hydrogen-bond acceptors (Lipinski definition) is 3. The quantitative estimate of drug-likeness (QED) is 0.834. The summed E-state index contributed by atoms with van der Waals surface area (Å²) in [6.07, 6.45) is 6.48. The highest BCUT2D eigenvalue weighted by Gasteiger charge is 2.50. The second kappa shape index (κ2) is 6.89. The second-order valence-corrected chi connectivity index (χ2v) is 7.12. The average Bonchev–Trinajstić information content (AvgIpc) is 3.36. The molecule has 0 aromatic rings. The van der Waals surface area contributed by atoms with Gasteiger partial charge in [-0.3, -0.25) is 14.4 Å². The average molecular weight is 321 g/mol. The summed E-state index contributed by atoms with van der Waals surface area (Å²) in [5.74, 6) is -0.0411. The van der Waals surface area contributed by atoms with E-state index in [9.17, 15) is 14.4 Å². The minimum Gasteiger partial charge on any atom is -0.353 e. The van der Waals surface area contributed by atoms with Gasteiger partial charge in [0.2, 0.25) is 17.7 Å². The number of carbonyl (C=O) groups is 3. The number of rotatable bonds is 3. The third-order valence-corrected chi connectivity index (χ3v) is 5.43. The Morgan fingerprint density at radius 2 is 1.48 bits per heavy atom. The number of carbonyl (C=O) groups excluding carboxylic acids is 3. The van der Waals surface area contributed by atoms with Crippen molar-refractivity contribution in [1.82, 2.24) is 15.1 Å². The summed E-state index contributed by atoms with van der Waals surface area (Å²) >= 11 is 0. The molecule has 2 atom stereocenters. The number of piperazine rings is 1. The molecule has 0 spiro atoms. The SMILES string of the molecule is CC(=O)N1CCN(C(=O)C2CC2C(=O)NC2CCCCC2)CC1. The standard InChI is InChI=1S/C17H27N3O3/c1-12(21)19-7-9-20(10-8-19)17(23)15-11-14(15)16(22)18-13-5-3-2-4-6-13/h13-15H,2-11H2,1H3,(H,18,22). The normalized spacial score (nSPS) is 28.4. The molecule has 1 saturated heterocycles. The van der Waals surface area contributed by atoms with E-state index in [2.05, 4.69) is 5.32 Å². The molecule has 3 fully saturated rings. The molecule has 3 rings (SSSR count). The van der Waals surface area contributed by atoms with E-state index in [1.165, 1.54) is 19.3 Å². The molecule has 2 unspecified atom stereocenters. The summed E-state index contributed by atoms with van der Waals surface area (Å²) in [6.45, 7) is 3.95. The molecule has 0 aromatic carbocycles. The first-order chi connectivity index (χ1) is 11.1. The Bertz CT molecular complexity index is 479. The molecule has 1 heterocycles. The van der Waals surface area contributed by atoms with Gasteiger partial charge in [-0.05, 0) is 19.3 Å². The van der Waals surface area contributed by atoms with E-state index in [-0.39, 0.29) is 29.6 Å². The first-order valence-electron chi connectivity index (χ1n) is 8.91. The van der Waals surface area contributed by atoms with Crippen LogP contribution in [0.5, 0.6) is 0 Å². The Morgan fingerprint density at radius 1 is 0.870 bits per heavy atom. The van der Waals surface area contributed by atoms with Gasteiger partial charge in [0.25, 0.3) is 0 Å². The van der Waals surface area contributed by atoms with E-state index in [1.807, 2.05) is 4.90 Å². The Kier molecular flexibility index (Phi) is 4.87. The molecule has 6 heteroatoms. The minimum absolute atomic E-state index is 0.0632. The van der Waals surface area contributed by atoms with Crippen molar-refractivity contribution in [2.24, 2.45) is 11.8 Å². The summed E-state index contributed by atoms with van der Waals surface area (Å²) < 4.78 is 0. The molecule has 0 radical (unpaired) electrons. The van der Waals surface area contributed by atoms with Gasteiger partial charge in [0, 0.05) is 39.1 Å². The lowest BCUT2D eigenvalue weighted by Crippen LogP contribution is -2.50. The Morgan fingerprint density at radius 3 is 2.09 bits per heavy atom. The number of nitrogens with one attached hydrogen (secondary N) is 1. The minimum atomic E-state index is -0.137. The molecule has 2 saturated carbocycles. The van der Waals surface area contributed by atoms with Crippen molar-refractivity contribution in [2.75, 3.05) is 26.2 Å². The topological polar surface area (TPSA) is 69.7 Å². The van der Waals surface area contributed by atoms with Crippen molar-refractivity contribution in [1.29, 1.82) is 0 Å². The molecule has 3 amide bonds. The van der Waals surface area contributed by atoms with Gasteiger partial charge in [0.05, 0.1) is 11.8 Å². The molecule has 1 aliphatic heterocycles. The van der Waals surface area contributed by atoms with Gasteiger partial charge < -0.3 is 15.1 Å². The second-order valence-electron chi connectivity index (χ2n) is 7.12. The molecule has 23 heavy (non-hydrogen) atoms. The maximum atomic E-state index is 12.5. The monoisotopic (exact) mass is 321 g/mol. The first kappa shape index (κ1) is 16.3. The van der Waals surface area contributed by atoms with Gasteiger partial charge in [-0.15, -0.1) is 0 Å². The lowest BCUT2D eigenvalue weighted by Gasteiger charge is -2.34. The highest BCUT2D eigenvalue weighted by atomic mass is 16.2. The fourth-order valence-corrected chi connectivity index (χ4v) is 3.79. The number of nitrogens with zero attached hydrogens (tertiary/aromatic N) is 2. The Labute approximate surface area is 137 Å². The van der Waals surface area contributed by atoms with Gasteiger partial charge in [-0.25, -0.2) is 0 Å². The third kappa shape index (κ3) is 3.85. The highest BCUT2D eigenvalue weighted by Crippen LogP contribution is 2.40. The van der Waals surface area contributed by atoms with E-state index in [1.54, 1.807) is 11.8 Å². The van der Waals surface area contributed by atoms with Crippen LogP contribution in [0.15, 0.2) is 0 Å².